The fourth-order valence-electron chi connectivity index (χ4n) is 4.05. The molecule has 0 aliphatic heterocycles. The van der Waals surface area contributed by atoms with Crippen LogP contribution in [0.3, 0.4) is 0 Å². The maximum absolute atomic E-state index is 9.45. The van der Waals surface area contributed by atoms with Crippen LogP contribution in [0, 0.1) is 17.8 Å². The van der Waals surface area contributed by atoms with E-state index in [-0.39, 0.29) is 0 Å². The lowest BCUT2D eigenvalue weighted by molar-refractivity contribution is 0.262. The van der Waals surface area contributed by atoms with Crippen molar-refractivity contribution in [1.29, 1.82) is 0 Å². The van der Waals surface area contributed by atoms with Gasteiger partial charge in [0.1, 0.15) is 0 Å². The van der Waals surface area contributed by atoms with Gasteiger partial charge in [-0.25, -0.2) is 0 Å². The van der Waals surface area contributed by atoms with Gasteiger partial charge >= 0.3 is 0 Å². The predicted molar refractivity (Wildman–Crippen MR) is 81.7 cm³/mol. The Kier molecular flexibility index (Phi) is 3.23. The van der Waals surface area contributed by atoms with Gasteiger partial charge in [0.15, 0.2) is 0 Å². The van der Waals surface area contributed by atoms with Crippen molar-refractivity contribution in [1.82, 2.24) is 10.2 Å². The molecule has 1 aromatic heterocycles. The number of aliphatic hydroxyl groups excluding tert-OH is 1. The Morgan fingerprint density at radius 1 is 1.05 bits per heavy atom. The summed E-state index contributed by atoms with van der Waals surface area (Å²) in [7, 11) is 0. The SMILES string of the molecule is OCC1C2CCc3cnnc(-c4ccccc4)c3CCC12. The van der Waals surface area contributed by atoms with E-state index in [4.69, 9.17) is 0 Å². The summed E-state index contributed by atoms with van der Waals surface area (Å²) in [4.78, 5) is 0. The second-order valence-corrected chi connectivity index (χ2v) is 6.31. The molecule has 1 saturated carbocycles. The summed E-state index contributed by atoms with van der Waals surface area (Å²) in [6.07, 6.45) is 6.44. The number of rotatable bonds is 2. The van der Waals surface area contributed by atoms with Crippen LogP contribution in [0.4, 0.5) is 0 Å². The van der Waals surface area contributed by atoms with E-state index in [1.807, 2.05) is 12.3 Å². The third-order valence-electron chi connectivity index (χ3n) is 5.29. The van der Waals surface area contributed by atoms with E-state index in [2.05, 4.69) is 34.5 Å². The largest absolute Gasteiger partial charge is 0.396 e. The Bertz CT molecular complexity index is 641. The van der Waals surface area contributed by atoms with Crippen LogP contribution in [-0.2, 0) is 12.8 Å². The Morgan fingerprint density at radius 3 is 2.57 bits per heavy atom. The molecule has 0 bridgehead atoms. The van der Waals surface area contributed by atoms with Gasteiger partial charge in [-0.3, -0.25) is 0 Å². The maximum Gasteiger partial charge on any atom is 0.0964 e. The first-order chi connectivity index (χ1) is 10.4. The first kappa shape index (κ1) is 13.0. The molecule has 0 spiro atoms. The molecule has 3 unspecified atom stereocenters. The van der Waals surface area contributed by atoms with Crippen LogP contribution in [-0.4, -0.2) is 21.9 Å². The summed E-state index contributed by atoms with van der Waals surface area (Å²) in [6.45, 7) is 0.355. The van der Waals surface area contributed by atoms with Crippen molar-refractivity contribution in [3.63, 3.8) is 0 Å². The van der Waals surface area contributed by atoms with E-state index >= 15 is 0 Å². The molecule has 3 atom stereocenters. The number of aromatic nitrogens is 2. The van der Waals surface area contributed by atoms with E-state index in [1.165, 1.54) is 24.0 Å². The molecular formula is C18H20N2O. The number of aliphatic hydroxyl groups is 1. The molecule has 0 saturated heterocycles. The fraction of sp³-hybridized carbons (Fsp3) is 0.444. The van der Waals surface area contributed by atoms with Gasteiger partial charge in [-0.15, -0.1) is 0 Å². The van der Waals surface area contributed by atoms with Crippen LogP contribution in [0.15, 0.2) is 36.5 Å². The van der Waals surface area contributed by atoms with E-state index in [1.54, 1.807) is 0 Å². The Labute approximate surface area is 125 Å². The van der Waals surface area contributed by atoms with Gasteiger partial charge in [0, 0.05) is 12.2 Å². The summed E-state index contributed by atoms with van der Waals surface area (Å²) in [5.41, 5.74) is 4.94. The highest BCUT2D eigenvalue weighted by molar-refractivity contribution is 5.63. The Hall–Kier alpha value is -1.74. The topological polar surface area (TPSA) is 46.0 Å². The van der Waals surface area contributed by atoms with Crippen molar-refractivity contribution in [2.45, 2.75) is 25.7 Å². The summed E-state index contributed by atoms with van der Waals surface area (Å²) < 4.78 is 0. The molecular weight excluding hydrogens is 260 g/mol. The van der Waals surface area contributed by atoms with Crippen molar-refractivity contribution in [2.24, 2.45) is 17.8 Å². The average Bonchev–Trinajstić information content (AvgIpc) is 3.20. The van der Waals surface area contributed by atoms with E-state index < -0.39 is 0 Å². The predicted octanol–water partition coefficient (Wildman–Crippen LogP) is 2.88. The number of hydrogen-bond donors (Lipinski definition) is 1. The normalized spacial score (nSPS) is 27.2. The van der Waals surface area contributed by atoms with Crippen molar-refractivity contribution in [3.8, 4) is 11.3 Å². The molecule has 1 N–H and O–H groups in total. The molecule has 1 aromatic carbocycles. The highest BCUT2D eigenvalue weighted by Gasteiger charge is 2.48. The van der Waals surface area contributed by atoms with Crippen LogP contribution in [0.5, 0.6) is 0 Å². The molecule has 108 valence electrons. The highest BCUT2D eigenvalue weighted by Crippen LogP contribution is 2.52. The average molecular weight is 280 g/mol. The smallest absolute Gasteiger partial charge is 0.0964 e. The Balaban J connectivity index is 1.69. The molecule has 2 aliphatic rings. The molecule has 1 fully saturated rings. The van der Waals surface area contributed by atoms with Gasteiger partial charge < -0.3 is 5.11 Å². The zero-order valence-corrected chi connectivity index (χ0v) is 12.1. The van der Waals surface area contributed by atoms with Crippen molar-refractivity contribution >= 4 is 0 Å². The summed E-state index contributed by atoms with van der Waals surface area (Å²) in [5.74, 6) is 2.00. The zero-order chi connectivity index (χ0) is 14.2. The molecule has 3 heteroatoms. The minimum atomic E-state index is 0.355. The summed E-state index contributed by atoms with van der Waals surface area (Å²) in [5, 5.41) is 18.1. The first-order valence-electron chi connectivity index (χ1n) is 7.88. The number of hydrogen-bond acceptors (Lipinski definition) is 3. The summed E-state index contributed by atoms with van der Waals surface area (Å²) in [6, 6.07) is 10.4. The van der Waals surface area contributed by atoms with Crippen LogP contribution in [0.25, 0.3) is 11.3 Å². The van der Waals surface area contributed by atoms with Crippen molar-refractivity contribution in [2.75, 3.05) is 6.61 Å². The van der Waals surface area contributed by atoms with E-state index in [9.17, 15) is 5.11 Å². The second kappa shape index (κ2) is 5.23. The minimum Gasteiger partial charge on any atom is -0.396 e. The lowest BCUT2D eigenvalue weighted by atomic mass is 9.92. The molecule has 21 heavy (non-hydrogen) atoms. The van der Waals surface area contributed by atoms with Gasteiger partial charge in [0.25, 0.3) is 0 Å². The van der Waals surface area contributed by atoms with E-state index in [0.29, 0.717) is 12.5 Å². The van der Waals surface area contributed by atoms with Crippen LogP contribution in [0.1, 0.15) is 24.0 Å². The maximum atomic E-state index is 9.45. The first-order valence-corrected chi connectivity index (χ1v) is 7.88. The third kappa shape index (κ3) is 2.26. The Morgan fingerprint density at radius 2 is 1.81 bits per heavy atom. The van der Waals surface area contributed by atoms with Crippen molar-refractivity contribution in [3.05, 3.63) is 47.7 Å². The number of fused-ring (bicyclic) bond motifs is 2. The lowest BCUT2D eigenvalue weighted by Gasteiger charge is -2.15. The molecule has 3 nitrogen and oxygen atoms in total. The minimum absolute atomic E-state index is 0.355. The number of nitrogens with zero attached hydrogens (tertiary/aromatic N) is 2. The monoisotopic (exact) mass is 280 g/mol. The lowest BCUT2D eigenvalue weighted by Crippen LogP contribution is -2.06. The van der Waals surface area contributed by atoms with Crippen LogP contribution in [0.2, 0.25) is 0 Å². The molecule has 1 heterocycles. The third-order valence-corrected chi connectivity index (χ3v) is 5.29. The van der Waals surface area contributed by atoms with E-state index in [0.717, 1.165) is 35.9 Å². The van der Waals surface area contributed by atoms with Gasteiger partial charge in [-0.05, 0) is 54.6 Å². The highest BCUT2D eigenvalue weighted by atomic mass is 16.3. The molecule has 0 amide bonds. The second-order valence-electron chi connectivity index (χ2n) is 6.31. The number of aryl methyl sites for hydroxylation is 1. The summed E-state index contributed by atoms with van der Waals surface area (Å²) >= 11 is 0. The van der Waals surface area contributed by atoms with Gasteiger partial charge in [0.05, 0.1) is 11.9 Å². The van der Waals surface area contributed by atoms with Crippen LogP contribution < -0.4 is 0 Å². The standard InChI is InChI=1S/C18H20N2O/c21-11-17-15-7-6-13-10-19-20-18(12-4-2-1-3-5-12)14(13)8-9-16(15)17/h1-5,10,15-17,21H,6-9,11H2. The number of benzene rings is 1. The molecule has 2 aliphatic carbocycles. The van der Waals surface area contributed by atoms with Gasteiger partial charge in [-0.1, -0.05) is 30.3 Å². The fourth-order valence-corrected chi connectivity index (χ4v) is 4.05. The zero-order valence-electron chi connectivity index (χ0n) is 12.1. The van der Waals surface area contributed by atoms with Crippen LogP contribution >= 0.6 is 0 Å². The van der Waals surface area contributed by atoms with Crippen molar-refractivity contribution < 1.29 is 5.11 Å². The molecule has 0 radical (unpaired) electrons. The van der Waals surface area contributed by atoms with Gasteiger partial charge in [0.2, 0.25) is 0 Å². The van der Waals surface area contributed by atoms with Gasteiger partial charge in [-0.2, -0.15) is 10.2 Å². The molecule has 2 aromatic rings. The molecule has 4 rings (SSSR count). The quantitative estimate of drug-likeness (QED) is 0.920.